The van der Waals surface area contributed by atoms with E-state index in [0.29, 0.717) is 6.92 Å². The number of nitrogens with zero attached hydrogens (tertiary/aromatic N) is 2. The van der Waals surface area contributed by atoms with Crippen molar-refractivity contribution in [3.05, 3.63) is 46.5 Å². The van der Waals surface area contributed by atoms with Crippen LogP contribution in [0.1, 0.15) is 42.9 Å². The van der Waals surface area contributed by atoms with Crippen LogP contribution in [0.5, 0.6) is 0 Å². The van der Waals surface area contributed by atoms with E-state index in [2.05, 4.69) is 5.32 Å². The molecular weight excluding hydrogens is 464 g/mol. The van der Waals surface area contributed by atoms with Crippen molar-refractivity contribution in [2.75, 3.05) is 5.32 Å². The Bertz CT molecular complexity index is 1150. The summed E-state index contributed by atoms with van der Waals surface area (Å²) in [6.45, 7) is 3.82. The molecule has 2 rings (SSSR count). The smallest absolute Gasteiger partial charge is 0.338 e. The average molecular weight is 481 g/mol. The Labute approximate surface area is 180 Å². The van der Waals surface area contributed by atoms with Gasteiger partial charge in [0.2, 0.25) is 10.0 Å². The Balaban J connectivity index is 2.48. The largest absolute Gasteiger partial charge is 0.404 e. The number of hydrogen-bond acceptors (Lipinski definition) is 4. The van der Waals surface area contributed by atoms with E-state index in [0.717, 1.165) is 18.3 Å². The number of amides is 1. The number of alkyl halides is 3. The van der Waals surface area contributed by atoms with E-state index in [1.165, 1.54) is 15.4 Å². The predicted molar refractivity (Wildman–Crippen MR) is 105 cm³/mol. The molecule has 0 fully saturated rings. The molecule has 2 aromatic rings. The third-order valence-corrected chi connectivity index (χ3v) is 6.21. The van der Waals surface area contributed by atoms with Crippen LogP contribution in [0.2, 0.25) is 5.02 Å². The topological polar surface area (TPSA) is 104 Å². The molecule has 168 valence electrons. The Kier molecular flexibility index (Phi) is 7.04. The van der Waals surface area contributed by atoms with Crippen LogP contribution >= 0.6 is 11.6 Å². The summed E-state index contributed by atoms with van der Waals surface area (Å²) >= 11 is 6.11. The highest BCUT2D eigenvalue weighted by atomic mass is 35.5. The zero-order valence-electron chi connectivity index (χ0n) is 16.4. The fraction of sp³-hybridized carbons (Fsp3) is 0.333. The van der Waals surface area contributed by atoms with Gasteiger partial charge in [-0.1, -0.05) is 11.6 Å². The molecule has 1 atom stereocenters. The Morgan fingerprint density at radius 2 is 1.87 bits per heavy atom. The van der Waals surface area contributed by atoms with Gasteiger partial charge in [-0.15, -0.1) is 0 Å². The summed E-state index contributed by atoms with van der Waals surface area (Å²) in [4.78, 5) is 12.1. The van der Waals surface area contributed by atoms with Crippen molar-refractivity contribution in [1.82, 2.24) is 9.29 Å². The summed E-state index contributed by atoms with van der Waals surface area (Å²) in [5, 5.41) is 10.7. The van der Waals surface area contributed by atoms with Crippen molar-refractivity contribution >= 4 is 33.2 Å². The van der Waals surface area contributed by atoms with Crippen molar-refractivity contribution in [2.24, 2.45) is 0 Å². The molecule has 0 saturated carbocycles. The quantitative estimate of drug-likeness (QED) is 0.604. The molecule has 31 heavy (non-hydrogen) atoms. The van der Waals surface area contributed by atoms with Crippen LogP contribution in [-0.2, 0) is 10.0 Å². The fourth-order valence-electron chi connectivity index (χ4n) is 2.53. The lowest BCUT2D eigenvalue weighted by molar-refractivity contribution is -0.147. The predicted octanol–water partition coefficient (Wildman–Crippen LogP) is 4.21. The summed E-state index contributed by atoms with van der Waals surface area (Å²) in [5.74, 6) is -1.71. The standard InChI is InChI=1S/C18H17ClF4N4O3S/c1-9(2)27-8-14(31(29,30)26-10(3)18(21,22)23)15(19)16(27)17(28)25-12-4-5-13(20)11(6-12)7-24/h4-6,8-10,26H,1-3H3,(H,25,28)/t10-/m1/s1. The zero-order valence-corrected chi connectivity index (χ0v) is 18.0. The number of sulfonamides is 1. The van der Waals surface area contributed by atoms with Gasteiger partial charge in [-0.3, -0.25) is 4.79 Å². The summed E-state index contributed by atoms with van der Waals surface area (Å²) in [6.07, 6.45) is -3.87. The second-order valence-electron chi connectivity index (χ2n) is 6.80. The second kappa shape index (κ2) is 8.86. The van der Waals surface area contributed by atoms with E-state index in [-0.39, 0.29) is 16.9 Å². The molecule has 2 N–H and O–H groups in total. The molecule has 0 bridgehead atoms. The summed E-state index contributed by atoms with van der Waals surface area (Å²) in [6, 6.07) is 1.91. The van der Waals surface area contributed by atoms with Gasteiger partial charge in [0.15, 0.2) is 0 Å². The molecule has 1 aromatic carbocycles. The van der Waals surface area contributed by atoms with Crippen LogP contribution in [0, 0.1) is 17.1 Å². The number of nitriles is 1. The van der Waals surface area contributed by atoms with Crippen molar-refractivity contribution in [3.8, 4) is 6.07 Å². The first kappa shape index (κ1) is 24.6. The minimum atomic E-state index is -4.83. The number of halogens is 5. The van der Waals surface area contributed by atoms with Crippen LogP contribution in [0.3, 0.4) is 0 Å². The van der Waals surface area contributed by atoms with Crippen molar-refractivity contribution < 1.29 is 30.8 Å². The van der Waals surface area contributed by atoms with Crippen molar-refractivity contribution in [2.45, 2.75) is 43.9 Å². The second-order valence-corrected chi connectivity index (χ2v) is 8.86. The van der Waals surface area contributed by atoms with E-state index in [9.17, 15) is 30.8 Å². The molecule has 7 nitrogen and oxygen atoms in total. The van der Waals surface area contributed by atoms with E-state index >= 15 is 0 Å². The lowest BCUT2D eigenvalue weighted by Gasteiger charge is -2.16. The number of benzene rings is 1. The van der Waals surface area contributed by atoms with E-state index in [1.807, 2.05) is 0 Å². The van der Waals surface area contributed by atoms with Gasteiger partial charge < -0.3 is 9.88 Å². The molecule has 0 spiro atoms. The first-order valence-electron chi connectivity index (χ1n) is 8.69. The maximum atomic E-state index is 13.5. The van der Waals surface area contributed by atoms with Gasteiger partial charge in [0.25, 0.3) is 5.91 Å². The molecule has 0 unspecified atom stereocenters. The Morgan fingerprint density at radius 3 is 2.39 bits per heavy atom. The van der Waals surface area contributed by atoms with Crippen LogP contribution in [0.15, 0.2) is 29.3 Å². The lowest BCUT2D eigenvalue weighted by atomic mass is 10.2. The maximum Gasteiger partial charge on any atom is 0.404 e. The van der Waals surface area contributed by atoms with Crippen molar-refractivity contribution in [1.29, 1.82) is 5.26 Å². The van der Waals surface area contributed by atoms with Gasteiger partial charge in [-0.25, -0.2) is 12.8 Å². The Hall–Kier alpha value is -2.62. The molecule has 0 aliphatic rings. The van der Waals surface area contributed by atoms with Gasteiger partial charge in [0.05, 0.1) is 10.6 Å². The highest BCUT2D eigenvalue weighted by molar-refractivity contribution is 7.89. The van der Waals surface area contributed by atoms with Crippen LogP contribution in [0.4, 0.5) is 23.2 Å². The number of aromatic nitrogens is 1. The van der Waals surface area contributed by atoms with Gasteiger partial charge in [0, 0.05) is 17.9 Å². The van der Waals surface area contributed by atoms with Crippen molar-refractivity contribution in [3.63, 3.8) is 0 Å². The number of hydrogen-bond donors (Lipinski definition) is 2. The molecule has 1 amide bonds. The first-order chi connectivity index (χ1) is 14.2. The minimum Gasteiger partial charge on any atom is -0.338 e. The van der Waals surface area contributed by atoms with E-state index in [1.54, 1.807) is 19.9 Å². The molecule has 0 saturated heterocycles. The summed E-state index contributed by atoms with van der Waals surface area (Å²) in [7, 11) is -4.73. The van der Waals surface area contributed by atoms with Gasteiger partial charge in [0.1, 0.15) is 28.5 Å². The molecule has 1 aromatic heterocycles. The third-order valence-electron chi connectivity index (χ3n) is 4.17. The van der Waals surface area contributed by atoms with E-state index in [4.69, 9.17) is 16.9 Å². The van der Waals surface area contributed by atoms with Crippen LogP contribution in [-0.4, -0.2) is 31.1 Å². The van der Waals surface area contributed by atoms with Gasteiger partial charge >= 0.3 is 6.18 Å². The van der Waals surface area contributed by atoms with Crippen LogP contribution in [0.25, 0.3) is 0 Å². The third kappa shape index (κ3) is 5.36. The molecular formula is C18H17ClF4N4O3S. The molecule has 0 aliphatic heterocycles. The normalized spacial score (nSPS) is 13.2. The fourth-order valence-corrected chi connectivity index (χ4v) is 4.38. The zero-order chi connectivity index (χ0) is 23.7. The highest BCUT2D eigenvalue weighted by Crippen LogP contribution is 2.32. The van der Waals surface area contributed by atoms with Crippen LogP contribution < -0.4 is 10.0 Å². The SMILES string of the molecule is CC(C)n1cc(S(=O)(=O)N[C@H](C)C(F)(F)F)c(Cl)c1C(=O)Nc1ccc(F)c(C#N)c1. The molecule has 1 heterocycles. The number of carbonyl (C=O) groups is 1. The summed E-state index contributed by atoms with van der Waals surface area (Å²) < 4.78 is 79.5. The van der Waals surface area contributed by atoms with Gasteiger partial charge in [-0.2, -0.15) is 23.2 Å². The Morgan fingerprint density at radius 1 is 1.26 bits per heavy atom. The number of anilines is 1. The lowest BCUT2D eigenvalue weighted by Crippen LogP contribution is -2.42. The van der Waals surface area contributed by atoms with Gasteiger partial charge in [-0.05, 0) is 39.0 Å². The minimum absolute atomic E-state index is 0.0312. The summed E-state index contributed by atoms with van der Waals surface area (Å²) in [5.41, 5.74) is -0.639. The molecule has 0 aliphatic carbocycles. The van der Waals surface area contributed by atoms with E-state index < -0.39 is 49.9 Å². The highest BCUT2D eigenvalue weighted by Gasteiger charge is 2.40. The first-order valence-corrected chi connectivity index (χ1v) is 10.6. The number of carbonyl (C=O) groups excluding carboxylic acids is 1. The molecule has 0 radical (unpaired) electrons. The molecule has 13 heteroatoms. The average Bonchev–Trinajstić information content (AvgIpc) is 3.00. The number of rotatable bonds is 6. The maximum absolute atomic E-state index is 13.5. The monoisotopic (exact) mass is 480 g/mol. The number of nitrogens with one attached hydrogen (secondary N) is 2.